The summed E-state index contributed by atoms with van der Waals surface area (Å²) in [5.74, 6) is 1.49. The number of anilines is 1. The van der Waals surface area contributed by atoms with Crippen molar-refractivity contribution < 1.29 is 14.3 Å². The number of nitrogens with zero attached hydrogens (tertiary/aromatic N) is 2. The van der Waals surface area contributed by atoms with Gasteiger partial charge in [-0.05, 0) is 48.7 Å². The van der Waals surface area contributed by atoms with Gasteiger partial charge in [0.15, 0.2) is 0 Å². The van der Waals surface area contributed by atoms with Gasteiger partial charge in [0.1, 0.15) is 11.5 Å². The number of nitrogens with one attached hydrogen (secondary N) is 1. The first-order valence-electron chi connectivity index (χ1n) is 11.2. The number of benzene rings is 2. The fourth-order valence-corrected chi connectivity index (χ4v) is 5.43. The molecule has 2 heterocycles. The minimum atomic E-state index is -0.0874. The number of rotatable bonds is 8. The molecule has 7 heteroatoms. The van der Waals surface area contributed by atoms with Crippen LogP contribution in [0.1, 0.15) is 28.2 Å². The molecule has 4 rings (SSSR count). The van der Waals surface area contributed by atoms with Crippen LogP contribution in [-0.2, 0) is 0 Å². The third-order valence-corrected chi connectivity index (χ3v) is 7.08. The maximum absolute atomic E-state index is 13.0. The molecule has 1 N–H and O–H groups in total. The topological polar surface area (TPSA) is 54.0 Å². The van der Waals surface area contributed by atoms with Gasteiger partial charge in [0, 0.05) is 42.7 Å². The van der Waals surface area contributed by atoms with Gasteiger partial charge in [-0.25, -0.2) is 0 Å². The summed E-state index contributed by atoms with van der Waals surface area (Å²) in [5, 5.41) is 5.33. The standard InChI is InChI=1S/C26H31N3O3S/c1-19(27-26(30)20-8-6-9-21(18-20)31-2)25(24-12-7-17-33-24)29-15-13-28(14-16-29)22-10-4-5-11-23(22)32-3/h4-12,17-19,25H,13-16H2,1-3H3,(H,27,30)/t19-,25-/m0/s1. The zero-order valence-corrected chi connectivity index (χ0v) is 20.2. The number of amides is 1. The van der Waals surface area contributed by atoms with E-state index in [1.54, 1.807) is 31.6 Å². The van der Waals surface area contributed by atoms with Crippen molar-refractivity contribution in [1.82, 2.24) is 10.2 Å². The fraction of sp³-hybridized carbons (Fsp3) is 0.346. The van der Waals surface area contributed by atoms with Crippen LogP contribution in [0.3, 0.4) is 0 Å². The smallest absolute Gasteiger partial charge is 0.251 e. The molecular weight excluding hydrogens is 434 g/mol. The highest BCUT2D eigenvalue weighted by atomic mass is 32.1. The van der Waals surface area contributed by atoms with Gasteiger partial charge in [-0.3, -0.25) is 9.69 Å². The lowest BCUT2D eigenvalue weighted by Crippen LogP contribution is -2.52. The van der Waals surface area contributed by atoms with Crippen molar-refractivity contribution in [1.29, 1.82) is 0 Å². The molecule has 1 amide bonds. The van der Waals surface area contributed by atoms with E-state index >= 15 is 0 Å². The lowest BCUT2D eigenvalue weighted by Gasteiger charge is -2.42. The van der Waals surface area contributed by atoms with E-state index in [0.717, 1.165) is 37.6 Å². The third kappa shape index (κ3) is 5.31. The molecular formula is C26H31N3O3S. The minimum absolute atomic E-state index is 0.0554. The molecule has 6 nitrogen and oxygen atoms in total. The molecule has 3 aromatic rings. The van der Waals surface area contributed by atoms with Crippen molar-refractivity contribution in [3.63, 3.8) is 0 Å². The Kier molecular flexibility index (Phi) is 7.52. The number of carbonyl (C=O) groups is 1. The second-order valence-corrected chi connectivity index (χ2v) is 9.13. The third-order valence-electron chi connectivity index (χ3n) is 6.13. The van der Waals surface area contributed by atoms with E-state index in [2.05, 4.69) is 51.7 Å². The predicted molar refractivity (Wildman–Crippen MR) is 134 cm³/mol. The highest BCUT2D eigenvalue weighted by Gasteiger charge is 2.31. The summed E-state index contributed by atoms with van der Waals surface area (Å²) in [5.41, 5.74) is 1.74. The van der Waals surface area contributed by atoms with Crippen molar-refractivity contribution in [2.75, 3.05) is 45.3 Å². The van der Waals surface area contributed by atoms with Crippen molar-refractivity contribution in [3.8, 4) is 11.5 Å². The van der Waals surface area contributed by atoms with Crippen LogP contribution < -0.4 is 19.7 Å². The molecule has 1 aromatic heterocycles. The van der Waals surface area contributed by atoms with Gasteiger partial charge in [0.2, 0.25) is 0 Å². The van der Waals surface area contributed by atoms with Crippen LogP contribution >= 0.6 is 11.3 Å². The Hall–Kier alpha value is -3.03. The van der Waals surface area contributed by atoms with E-state index in [-0.39, 0.29) is 18.0 Å². The number of hydrogen-bond acceptors (Lipinski definition) is 6. The summed E-state index contributed by atoms with van der Waals surface area (Å²) in [6.45, 7) is 5.70. The largest absolute Gasteiger partial charge is 0.497 e. The van der Waals surface area contributed by atoms with Gasteiger partial charge < -0.3 is 19.7 Å². The van der Waals surface area contributed by atoms with Crippen LogP contribution in [0.15, 0.2) is 66.0 Å². The van der Waals surface area contributed by atoms with E-state index in [1.807, 2.05) is 30.3 Å². The van der Waals surface area contributed by atoms with Crippen molar-refractivity contribution in [2.24, 2.45) is 0 Å². The first-order valence-corrected chi connectivity index (χ1v) is 12.1. The number of hydrogen-bond donors (Lipinski definition) is 1. The molecule has 1 saturated heterocycles. The molecule has 2 atom stereocenters. The molecule has 0 spiro atoms. The van der Waals surface area contributed by atoms with Crippen molar-refractivity contribution in [2.45, 2.75) is 19.0 Å². The van der Waals surface area contributed by atoms with Crippen LogP contribution in [0.5, 0.6) is 11.5 Å². The molecule has 0 radical (unpaired) electrons. The molecule has 33 heavy (non-hydrogen) atoms. The average Bonchev–Trinajstić information content (AvgIpc) is 3.39. The van der Waals surface area contributed by atoms with Crippen molar-refractivity contribution in [3.05, 3.63) is 76.5 Å². The first kappa shape index (κ1) is 23.1. The maximum atomic E-state index is 13.0. The first-order chi connectivity index (χ1) is 16.1. The number of carbonyl (C=O) groups excluding carboxylic acids is 1. The van der Waals surface area contributed by atoms with E-state index < -0.39 is 0 Å². The van der Waals surface area contributed by atoms with Gasteiger partial charge in [-0.15, -0.1) is 11.3 Å². The average molecular weight is 466 g/mol. The number of ether oxygens (including phenoxy) is 2. The summed E-state index contributed by atoms with van der Waals surface area (Å²) < 4.78 is 10.8. The Morgan fingerprint density at radius 3 is 2.45 bits per heavy atom. The molecule has 1 fully saturated rings. The predicted octanol–water partition coefficient (Wildman–Crippen LogP) is 4.45. The second kappa shape index (κ2) is 10.7. The van der Waals surface area contributed by atoms with Gasteiger partial charge >= 0.3 is 0 Å². The summed E-state index contributed by atoms with van der Waals surface area (Å²) in [6, 6.07) is 19.7. The molecule has 174 valence electrons. The fourth-order valence-electron chi connectivity index (χ4n) is 4.47. The monoisotopic (exact) mass is 465 g/mol. The number of piperazine rings is 1. The van der Waals surface area contributed by atoms with Crippen LogP contribution in [-0.4, -0.2) is 57.2 Å². The second-order valence-electron chi connectivity index (χ2n) is 8.15. The van der Waals surface area contributed by atoms with Crippen LogP contribution in [0.4, 0.5) is 5.69 Å². The van der Waals surface area contributed by atoms with E-state index in [0.29, 0.717) is 11.3 Å². The molecule has 1 aliphatic heterocycles. The SMILES string of the molecule is COc1cccc(C(=O)N[C@@H](C)[C@@H](c2cccs2)N2CCN(c3ccccc3OC)CC2)c1. The Bertz CT molecular complexity index is 1050. The normalized spacial score (nSPS) is 16.2. The molecule has 0 unspecified atom stereocenters. The van der Waals surface area contributed by atoms with Gasteiger partial charge in [-0.1, -0.05) is 24.3 Å². The van der Waals surface area contributed by atoms with Crippen LogP contribution in [0.25, 0.3) is 0 Å². The van der Waals surface area contributed by atoms with Crippen LogP contribution in [0, 0.1) is 0 Å². The Morgan fingerprint density at radius 2 is 1.76 bits per heavy atom. The zero-order chi connectivity index (χ0) is 23.2. The number of para-hydroxylation sites is 2. The highest BCUT2D eigenvalue weighted by Crippen LogP contribution is 2.33. The molecule has 0 bridgehead atoms. The molecule has 0 saturated carbocycles. The van der Waals surface area contributed by atoms with E-state index in [1.165, 1.54) is 4.88 Å². The molecule has 1 aliphatic rings. The summed E-state index contributed by atoms with van der Waals surface area (Å²) in [4.78, 5) is 19.1. The van der Waals surface area contributed by atoms with E-state index in [9.17, 15) is 4.79 Å². The quantitative estimate of drug-likeness (QED) is 0.533. The van der Waals surface area contributed by atoms with Gasteiger partial charge in [0.25, 0.3) is 5.91 Å². The van der Waals surface area contributed by atoms with Gasteiger partial charge in [0.05, 0.1) is 25.9 Å². The molecule has 0 aliphatic carbocycles. The zero-order valence-electron chi connectivity index (χ0n) is 19.4. The number of thiophene rings is 1. The van der Waals surface area contributed by atoms with Crippen molar-refractivity contribution >= 4 is 22.9 Å². The van der Waals surface area contributed by atoms with E-state index in [4.69, 9.17) is 9.47 Å². The maximum Gasteiger partial charge on any atom is 0.251 e. The lowest BCUT2D eigenvalue weighted by molar-refractivity contribution is 0.0890. The summed E-state index contributed by atoms with van der Waals surface area (Å²) >= 11 is 1.74. The van der Waals surface area contributed by atoms with Crippen LogP contribution in [0.2, 0.25) is 0 Å². The van der Waals surface area contributed by atoms with Gasteiger partial charge in [-0.2, -0.15) is 0 Å². The Balaban J connectivity index is 1.47. The summed E-state index contributed by atoms with van der Waals surface area (Å²) in [6.07, 6.45) is 0. The lowest BCUT2D eigenvalue weighted by atomic mass is 10.0. The minimum Gasteiger partial charge on any atom is -0.497 e. The Morgan fingerprint density at radius 1 is 0.970 bits per heavy atom. The number of methoxy groups -OCH3 is 2. The Labute approximate surface area is 199 Å². The molecule has 2 aromatic carbocycles. The highest BCUT2D eigenvalue weighted by molar-refractivity contribution is 7.10. The summed E-state index contributed by atoms with van der Waals surface area (Å²) in [7, 11) is 3.33.